The molecule has 1 aliphatic rings. The molecule has 1 atom stereocenters. The van der Waals surface area contributed by atoms with Gasteiger partial charge in [0.05, 0.1) is 4.90 Å². The van der Waals surface area contributed by atoms with E-state index >= 15 is 0 Å². The zero-order chi connectivity index (χ0) is 19.8. The average molecular weight is 384 g/mol. The van der Waals surface area contributed by atoms with Gasteiger partial charge in [-0.15, -0.1) is 0 Å². The highest BCUT2D eigenvalue weighted by Gasteiger charge is 2.52. The van der Waals surface area contributed by atoms with Crippen LogP contribution >= 0.6 is 0 Å². The molecule has 0 aromatic heterocycles. The molecular formula is C18H25FN2O4S. The normalized spacial score (nSPS) is 20.4. The van der Waals surface area contributed by atoms with Crippen LogP contribution in [0.5, 0.6) is 0 Å². The second-order valence-corrected chi connectivity index (χ2v) is 9.19. The SMILES string of the molecule is CCCC(C)(C)C(=O)N1CCC1(C)C(=O)NS(=O)(=O)c1cccc(F)c1. The van der Waals surface area contributed by atoms with Crippen LogP contribution < -0.4 is 4.72 Å². The minimum atomic E-state index is -4.21. The topological polar surface area (TPSA) is 83.6 Å². The van der Waals surface area contributed by atoms with Crippen LogP contribution in [0, 0.1) is 11.2 Å². The number of halogens is 1. The molecular weight excluding hydrogens is 359 g/mol. The van der Waals surface area contributed by atoms with Crippen LogP contribution in [-0.4, -0.2) is 37.2 Å². The van der Waals surface area contributed by atoms with E-state index in [4.69, 9.17) is 0 Å². The van der Waals surface area contributed by atoms with Crippen LogP contribution in [-0.2, 0) is 19.6 Å². The van der Waals surface area contributed by atoms with Crippen molar-refractivity contribution in [1.29, 1.82) is 0 Å². The Kier molecular flexibility index (Phi) is 5.46. The molecule has 1 aliphatic heterocycles. The number of nitrogens with zero attached hydrogens (tertiary/aromatic N) is 1. The van der Waals surface area contributed by atoms with Gasteiger partial charge in [-0.1, -0.05) is 33.3 Å². The maximum atomic E-state index is 13.3. The Morgan fingerprint density at radius 2 is 2.00 bits per heavy atom. The van der Waals surface area contributed by atoms with Crippen molar-refractivity contribution in [3.8, 4) is 0 Å². The fourth-order valence-corrected chi connectivity index (χ4v) is 4.25. The molecule has 1 aromatic carbocycles. The van der Waals surface area contributed by atoms with Crippen molar-refractivity contribution in [2.24, 2.45) is 5.41 Å². The predicted octanol–water partition coefficient (Wildman–Crippen LogP) is 2.45. The molecule has 26 heavy (non-hydrogen) atoms. The molecule has 8 heteroatoms. The summed E-state index contributed by atoms with van der Waals surface area (Å²) in [6.07, 6.45) is 1.86. The van der Waals surface area contributed by atoms with E-state index in [1.165, 1.54) is 17.0 Å². The van der Waals surface area contributed by atoms with Gasteiger partial charge >= 0.3 is 0 Å². The van der Waals surface area contributed by atoms with Crippen molar-refractivity contribution in [3.63, 3.8) is 0 Å². The van der Waals surface area contributed by atoms with Gasteiger partial charge in [0.15, 0.2) is 0 Å². The zero-order valence-corrected chi connectivity index (χ0v) is 16.3. The summed E-state index contributed by atoms with van der Waals surface area (Å²) in [5.41, 5.74) is -1.86. The lowest BCUT2D eigenvalue weighted by Crippen LogP contribution is -2.69. The Morgan fingerprint density at radius 3 is 2.50 bits per heavy atom. The third kappa shape index (κ3) is 3.75. The lowest BCUT2D eigenvalue weighted by Gasteiger charge is -2.51. The Labute approximate surface area is 153 Å². The second kappa shape index (κ2) is 6.98. The first kappa shape index (κ1) is 20.4. The Morgan fingerprint density at radius 1 is 1.35 bits per heavy atom. The van der Waals surface area contributed by atoms with E-state index in [9.17, 15) is 22.4 Å². The van der Waals surface area contributed by atoms with Crippen LogP contribution in [0.4, 0.5) is 4.39 Å². The van der Waals surface area contributed by atoms with E-state index in [0.29, 0.717) is 19.4 Å². The fraction of sp³-hybridized carbons (Fsp3) is 0.556. The largest absolute Gasteiger partial charge is 0.328 e. The quantitative estimate of drug-likeness (QED) is 0.817. The van der Waals surface area contributed by atoms with Gasteiger partial charge in [-0.05, 0) is 38.0 Å². The molecule has 1 fully saturated rings. The molecule has 0 spiro atoms. The average Bonchev–Trinajstić information content (AvgIpc) is 2.52. The van der Waals surface area contributed by atoms with Gasteiger partial charge in [-0.3, -0.25) is 9.59 Å². The van der Waals surface area contributed by atoms with E-state index in [-0.39, 0.29) is 10.8 Å². The van der Waals surface area contributed by atoms with Crippen molar-refractivity contribution in [2.75, 3.05) is 6.54 Å². The highest BCUT2D eigenvalue weighted by atomic mass is 32.2. The Bertz CT molecular complexity index is 822. The van der Waals surface area contributed by atoms with Crippen LogP contribution in [0.3, 0.4) is 0 Å². The number of carbonyl (C=O) groups excluding carboxylic acids is 2. The van der Waals surface area contributed by atoms with E-state index in [1.807, 2.05) is 25.5 Å². The smallest absolute Gasteiger partial charge is 0.264 e. The van der Waals surface area contributed by atoms with Crippen LogP contribution in [0.25, 0.3) is 0 Å². The monoisotopic (exact) mass is 384 g/mol. The molecule has 1 unspecified atom stereocenters. The van der Waals surface area contributed by atoms with Gasteiger partial charge in [0, 0.05) is 12.0 Å². The van der Waals surface area contributed by atoms with E-state index < -0.39 is 32.7 Å². The number of carbonyl (C=O) groups is 2. The summed E-state index contributed by atoms with van der Waals surface area (Å²) in [5.74, 6) is -1.67. The van der Waals surface area contributed by atoms with Crippen molar-refractivity contribution in [3.05, 3.63) is 30.1 Å². The summed E-state index contributed by atoms with van der Waals surface area (Å²) in [4.78, 5) is 26.5. The molecule has 0 bridgehead atoms. The standard InChI is InChI=1S/C18H25FN2O4S/c1-5-9-17(2,3)16(23)21-11-10-18(21,4)15(22)20-26(24,25)14-8-6-7-13(19)12-14/h6-8,12H,5,9-11H2,1-4H3,(H,20,22). The summed E-state index contributed by atoms with van der Waals surface area (Å²) in [5, 5.41) is 0. The first-order valence-electron chi connectivity index (χ1n) is 8.59. The minimum Gasteiger partial charge on any atom is -0.328 e. The maximum absolute atomic E-state index is 13.3. The van der Waals surface area contributed by atoms with Crippen molar-refractivity contribution in [1.82, 2.24) is 9.62 Å². The third-order valence-corrected chi connectivity index (χ3v) is 6.27. The van der Waals surface area contributed by atoms with Crippen molar-refractivity contribution >= 4 is 21.8 Å². The summed E-state index contributed by atoms with van der Waals surface area (Å²) >= 11 is 0. The fourth-order valence-electron chi connectivity index (χ4n) is 3.14. The second-order valence-electron chi connectivity index (χ2n) is 7.51. The molecule has 6 nitrogen and oxygen atoms in total. The first-order valence-corrected chi connectivity index (χ1v) is 10.1. The lowest BCUT2D eigenvalue weighted by molar-refractivity contribution is -0.163. The number of rotatable bonds is 6. The number of hydrogen-bond acceptors (Lipinski definition) is 4. The molecule has 0 radical (unpaired) electrons. The molecule has 1 N–H and O–H groups in total. The van der Waals surface area contributed by atoms with Gasteiger partial charge in [0.2, 0.25) is 5.91 Å². The van der Waals surface area contributed by atoms with Gasteiger partial charge in [-0.25, -0.2) is 17.5 Å². The van der Waals surface area contributed by atoms with E-state index in [2.05, 4.69) is 0 Å². The summed E-state index contributed by atoms with van der Waals surface area (Å²) < 4.78 is 40.0. The van der Waals surface area contributed by atoms with Crippen LogP contribution in [0.1, 0.15) is 47.0 Å². The summed E-state index contributed by atoms with van der Waals surface area (Å²) in [6.45, 7) is 7.56. The number of nitrogens with one attached hydrogen (secondary N) is 1. The van der Waals surface area contributed by atoms with Gasteiger partial charge < -0.3 is 4.90 Å². The lowest BCUT2D eigenvalue weighted by atomic mass is 9.79. The minimum absolute atomic E-state index is 0.175. The third-order valence-electron chi connectivity index (χ3n) is 4.94. The molecule has 144 valence electrons. The van der Waals surface area contributed by atoms with Crippen molar-refractivity contribution < 1.29 is 22.4 Å². The molecule has 1 saturated heterocycles. The van der Waals surface area contributed by atoms with Crippen LogP contribution in [0.15, 0.2) is 29.2 Å². The Hall–Kier alpha value is -1.96. The highest BCUT2D eigenvalue weighted by molar-refractivity contribution is 7.90. The number of sulfonamides is 1. The summed E-state index contributed by atoms with van der Waals surface area (Å²) in [6, 6.07) is 4.41. The number of hydrogen-bond donors (Lipinski definition) is 1. The number of benzene rings is 1. The van der Waals surface area contributed by atoms with E-state index in [0.717, 1.165) is 18.6 Å². The first-order chi connectivity index (χ1) is 11.9. The Balaban J connectivity index is 2.20. The number of amides is 2. The highest BCUT2D eigenvalue weighted by Crippen LogP contribution is 2.37. The van der Waals surface area contributed by atoms with Gasteiger partial charge in [0.25, 0.3) is 15.9 Å². The molecule has 0 saturated carbocycles. The molecule has 1 heterocycles. The summed E-state index contributed by atoms with van der Waals surface area (Å²) in [7, 11) is -4.21. The zero-order valence-electron chi connectivity index (χ0n) is 15.5. The van der Waals surface area contributed by atoms with E-state index in [1.54, 1.807) is 6.92 Å². The molecule has 0 aliphatic carbocycles. The molecule has 1 aromatic rings. The van der Waals surface area contributed by atoms with Crippen molar-refractivity contribution in [2.45, 2.75) is 57.4 Å². The molecule has 2 rings (SSSR count). The predicted molar refractivity (Wildman–Crippen MR) is 95.2 cm³/mol. The van der Waals surface area contributed by atoms with Crippen LogP contribution in [0.2, 0.25) is 0 Å². The molecule has 2 amide bonds. The maximum Gasteiger partial charge on any atom is 0.264 e. The number of likely N-dealkylation sites (tertiary alicyclic amines) is 1. The van der Waals surface area contributed by atoms with Gasteiger partial charge in [0.1, 0.15) is 11.4 Å². The van der Waals surface area contributed by atoms with Gasteiger partial charge in [-0.2, -0.15) is 0 Å².